The van der Waals surface area contributed by atoms with Crippen molar-refractivity contribution in [3.05, 3.63) is 0 Å². The van der Waals surface area contributed by atoms with Crippen molar-refractivity contribution in [1.82, 2.24) is 4.90 Å². The molecule has 4 heteroatoms. The third kappa shape index (κ3) is 17.6. The van der Waals surface area contributed by atoms with Gasteiger partial charge in [-0.25, -0.2) is 0 Å². The van der Waals surface area contributed by atoms with Crippen LogP contribution in [0.2, 0.25) is 0 Å². The number of rotatable bonds is 17. The molecule has 1 N–H and O–H groups in total. The average Bonchev–Trinajstić information content (AvgIpc) is 2.53. The van der Waals surface area contributed by atoms with Crippen LogP contribution in [0.15, 0.2) is 0 Å². The van der Waals surface area contributed by atoms with Crippen LogP contribution in [0, 0.1) is 0 Å². The molecule has 0 radical (unpaired) electrons. The zero-order valence-electron chi connectivity index (χ0n) is 15.5. The molecule has 0 fully saturated rings. The predicted molar refractivity (Wildman–Crippen MR) is 96.6 cm³/mol. The summed E-state index contributed by atoms with van der Waals surface area (Å²) in [7, 11) is 0. The molecule has 0 amide bonds. The molecular formula is C19H39NO3. The SMILES string of the molecule is CCCCCCCN(CCCCO)CCCCCCOC(C)=O. The fourth-order valence-electron chi connectivity index (χ4n) is 2.73. The van der Waals surface area contributed by atoms with Crippen molar-refractivity contribution in [3.63, 3.8) is 0 Å². The van der Waals surface area contributed by atoms with Gasteiger partial charge in [0.15, 0.2) is 0 Å². The van der Waals surface area contributed by atoms with Gasteiger partial charge < -0.3 is 14.7 Å². The summed E-state index contributed by atoms with van der Waals surface area (Å²) >= 11 is 0. The molecule has 0 aromatic rings. The Morgan fingerprint density at radius 1 is 0.826 bits per heavy atom. The van der Waals surface area contributed by atoms with Gasteiger partial charge in [-0.1, -0.05) is 45.4 Å². The van der Waals surface area contributed by atoms with Gasteiger partial charge in [0.25, 0.3) is 0 Å². The van der Waals surface area contributed by atoms with E-state index >= 15 is 0 Å². The molecule has 0 bridgehead atoms. The number of esters is 1. The minimum atomic E-state index is -0.178. The highest BCUT2D eigenvalue weighted by Crippen LogP contribution is 2.08. The van der Waals surface area contributed by atoms with E-state index in [0.29, 0.717) is 13.2 Å². The van der Waals surface area contributed by atoms with Crippen molar-refractivity contribution in [2.45, 2.75) is 84.5 Å². The maximum Gasteiger partial charge on any atom is 0.302 e. The molecule has 0 saturated carbocycles. The number of ether oxygens (including phenoxy) is 1. The van der Waals surface area contributed by atoms with Crippen LogP contribution in [0.25, 0.3) is 0 Å². The molecule has 0 aliphatic rings. The molecule has 138 valence electrons. The lowest BCUT2D eigenvalue weighted by atomic mass is 10.1. The van der Waals surface area contributed by atoms with Crippen molar-refractivity contribution in [2.75, 3.05) is 32.8 Å². The van der Waals surface area contributed by atoms with Crippen molar-refractivity contribution >= 4 is 5.97 Å². The van der Waals surface area contributed by atoms with Crippen LogP contribution in [-0.4, -0.2) is 48.8 Å². The second kappa shape index (κ2) is 17.7. The Balaban J connectivity index is 3.67. The van der Waals surface area contributed by atoms with E-state index in [1.165, 1.54) is 58.4 Å². The normalized spacial score (nSPS) is 11.1. The molecule has 0 atom stereocenters. The molecule has 4 nitrogen and oxygen atoms in total. The van der Waals surface area contributed by atoms with Gasteiger partial charge >= 0.3 is 5.97 Å². The first-order valence-electron chi connectivity index (χ1n) is 9.67. The Labute approximate surface area is 143 Å². The molecule has 0 aromatic heterocycles. The van der Waals surface area contributed by atoms with Crippen LogP contribution in [-0.2, 0) is 9.53 Å². The van der Waals surface area contributed by atoms with Crippen LogP contribution >= 0.6 is 0 Å². The lowest BCUT2D eigenvalue weighted by Gasteiger charge is -2.22. The summed E-state index contributed by atoms with van der Waals surface area (Å²) in [6.07, 6.45) is 13.2. The van der Waals surface area contributed by atoms with E-state index in [9.17, 15) is 4.79 Å². The van der Waals surface area contributed by atoms with Crippen molar-refractivity contribution in [1.29, 1.82) is 0 Å². The van der Waals surface area contributed by atoms with E-state index in [1.54, 1.807) is 0 Å². The zero-order chi connectivity index (χ0) is 17.2. The van der Waals surface area contributed by atoms with Gasteiger partial charge in [-0.15, -0.1) is 0 Å². The van der Waals surface area contributed by atoms with E-state index in [2.05, 4.69) is 11.8 Å². The van der Waals surface area contributed by atoms with Crippen molar-refractivity contribution < 1.29 is 14.6 Å². The minimum Gasteiger partial charge on any atom is -0.466 e. The molecule has 0 heterocycles. The number of aliphatic hydroxyl groups excluding tert-OH is 1. The minimum absolute atomic E-state index is 0.178. The van der Waals surface area contributed by atoms with Crippen molar-refractivity contribution in [2.24, 2.45) is 0 Å². The Morgan fingerprint density at radius 3 is 1.87 bits per heavy atom. The molecule has 0 aromatic carbocycles. The van der Waals surface area contributed by atoms with Crippen LogP contribution in [0.1, 0.15) is 84.5 Å². The summed E-state index contributed by atoms with van der Waals surface area (Å²) in [6.45, 7) is 8.05. The second-order valence-electron chi connectivity index (χ2n) is 6.44. The fourth-order valence-corrected chi connectivity index (χ4v) is 2.73. The van der Waals surface area contributed by atoms with Crippen LogP contribution in [0.3, 0.4) is 0 Å². The molecule has 0 unspecified atom stereocenters. The molecule has 0 aliphatic carbocycles. The largest absolute Gasteiger partial charge is 0.466 e. The first-order chi connectivity index (χ1) is 11.2. The van der Waals surface area contributed by atoms with Gasteiger partial charge in [0.05, 0.1) is 6.61 Å². The lowest BCUT2D eigenvalue weighted by molar-refractivity contribution is -0.141. The maximum atomic E-state index is 10.7. The zero-order valence-corrected chi connectivity index (χ0v) is 15.5. The monoisotopic (exact) mass is 329 g/mol. The number of carbonyl (C=O) groups excluding carboxylic acids is 1. The van der Waals surface area contributed by atoms with Crippen LogP contribution in [0.5, 0.6) is 0 Å². The molecule has 0 spiro atoms. The van der Waals surface area contributed by atoms with Gasteiger partial charge in [-0.05, 0) is 51.7 Å². The van der Waals surface area contributed by atoms with E-state index < -0.39 is 0 Å². The lowest BCUT2D eigenvalue weighted by Crippen LogP contribution is -2.27. The highest BCUT2D eigenvalue weighted by atomic mass is 16.5. The summed E-state index contributed by atoms with van der Waals surface area (Å²) in [5, 5.41) is 8.93. The van der Waals surface area contributed by atoms with E-state index in [-0.39, 0.29) is 5.97 Å². The van der Waals surface area contributed by atoms with Gasteiger partial charge in [0.2, 0.25) is 0 Å². The summed E-state index contributed by atoms with van der Waals surface area (Å²) in [6, 6.07) is 0. The third-order valence-electron chi connectivity index (χ3n) is 4.13. The van der Waals surface area contributed by atoms with Gasteiger partial charge in [0, 0.05) is 13.5 Å². The Hall–Kier alpha value is -0.610. The molecule has 0 aliphatic heterocycles. The maximum absolute atomic E-state index is 10.7. The number of carbonyl (C=O) groups is 1. The number of aliphatic hydroxyl groups is 1. The summed E-state index contributed by atoms with van der Waals surface area (Å²) in [5.41, 5.74) is 0. The summed E-state index contributed by atoms with van der Waals surface area (Å²) in [4.78, 5) is 13.2. The van der Waals surface area contributed by atoms with E-state index in [4.69, 9.17) is 9.84 Å². The predicted octanol–water partition coefficient (Wildman–Crippen LogP) is 4.15. The standard InChI is InChI=1S/C19H39NO3/c1-3-4-5-6-9-14-20(16-11-12-17-21)15-10-7-8-13-18-23-19(2)22/h21H,3-18H2,1-2H3. The topological polar surface area (TPSA) is 49.8 Å². The summed E-state index contributed by atoms with van der Waals surface area (Å²) in [5.74, 6) is -0.178. The molecule has 0 saturated heterocycles. The highest BCUT2D eigenvalue weighted by molar-refractivity contribution is 5.65. The molecule has 23 heavy (non-hydrogen) atoms. The number of hydrogen-bond donors (Lipinski definition) is 1. The smallest absolute Gasteiger partial charge is 0.302 e. The van der Waals surface area contributed by atoms with Crippen LogP contribution < -0.4 is 0 Å². The quantitative estimate of drug-likeness (QED) is 0.322. The first-order valence-corrected chi connectivity index (χ1v) is 9.67. The van der Waals surface area contributed by atoms with Crippen LogP contribution in [0.4, 0.5) is 0 Å². The third-order valence-corrected chi connectivity index (χ3v) is 4.13. The van der Waals surface area contributed by atoms with Crippen molar-refractivity contribution in [3.8, 4) is 0 Å². The molecular weight excluding hydrogens is 290 g/mol. The number of unbranched alkanes of at least 4 members (excludes halogenated alkanes) is 8. The van der Waals surface area contributed by atoms with E-state index in [0.717, 1.165) is 38.8 Å². The Bertz CT molecular complexity index is 259. The summed E-state index contributed by atoms with van der Waals surface area (Å²) < 4.78 is 4.95. The first kappa shape index (κ1) is 22.4. The van der Waals surface area contributed by atoms with Gasteiger partial charge in [-0.2, -0.15) is 0 Å². The fraction of sp³-hybridized carbons (Fsp3) is 0.947. The average molecular weight is 330 g/mol. The Kier molecular flexibility index (Phi) is 17.3. The molecule has 0 rings (SSSR count). The van der Waals surface area contributed by atoms with E-state index in [1.807, 2.05) is 0 Å². The second-order valence-corrected chi connectivity index (χ2v) is 6.44. The van der Waals surface area contributed by atoms with Gasteiger partial charge in [-0.3, -0.25) is 4.79 Å². The van der Waals surface area contributed by atoms with Gasteiger partial charge in [0.1, 0.15) is 0 Å². The Morgan fingerprint density at radius 2 is 1.35 bits per heavy atom. The highest BCUT2D eigenvalue weighted by Gasteiger charge is 2.04. The number of hydrogen-bond acceptors (Lipinski definition) is 4. The number of nitrogens with zero attached hydrogens (tertiary/aromatic N) is 1.